The number of nitrogens with one attached hydrogen (secondary N) is 1. The van der Waals surface area contributed by atoms with Crippen LogP contribution in [0, 0.1) is 35.5 Å². The Morgan fingerprint density at radius 2 is 1.46 bits per heavy atom. The molecule has 6 atom stereocenters. The zero-order valence-electron chi connectivity index (χ0n) is 15.2. The second-order valence-electron chi connectivity index (χ2n) is 7.92. The average Bonchev–Trinajstić information content (AvgIpc) is 3.52. The van der Waals surface area contributed by atoms with E-state index in [2.05, 4.69) is 11.4 Å². The maximum Gasteiger partial charge on any atom is 0.307 e. The summed E-state index contributed by atoms with van der Waals surface area (Å²) >= 11 is 0. The molecule has 28 heavy (non-hydrogen) atoms. The lowest BCUT2D eigenvalue weighted by Gasteiger charge is -2.41. The fraction of sp³-hybridized carbons (Fsp3) is 0.304. The Hall–Kier alpha value is -3.08. The first-order chi connectivity index (χ1) is 13.6. The van der Waals surface area contributed by atoms with Crippen LogP contribution in [0.15, 0.2) is 66.7 Å². The molecule has 2 aromatic carbocycles. The van der Waals surface area contributed by atoms with Crippen LogP contribution in [-0.2, 0) is 9.59 Å². The highest BCUT2D eigenvalue weighted by Crippen LogP contribution is 2.63. The third-order valence-electron chi connectivity index (χ3n) is 6.34. The summed E-state index contributed by atoms with van der Waals surface area (Å²) in [6, 6.07) is 16.6. The smallest absolute Gasteiger partial charge is 0.307 e. The summed E-state index contributed by atoms with van der Waals surface area (Å²) in [5.41, 5.74) is 0.646. The summed E-state index contributed by atoms with van der Waals surface area (Å²) in [7, 11) is 0. The number of rotatable bonds is 5. The normalized spacial score (nSPS) is 31.7. The zero-order chi connectivity index (χ0) is 19.3. The zero-order valence-corrected chi connectivity index (χ0v) is 15.2. The van der Waals surface area contributed by atoms with Crippen LogP contribution in [0.4, 0.5) is 5.69 Å². The van der Waals surface area contributed by atoms with Gasteiger partial charge in [-0.1, -0.05) is 30.4 Å². The molecule has 0 aliphatic heterocycles. The highest BCUT2D eigenvalue weighted by atomic mass is 16.5. The third-order valence-corrected chi connectivity index (χ3v) is 6.34. The molecule has 2 saturated carbocycles. The van der Waals surface area contributed by atoms with Crippen LogP contribution in [0.3, 0.4) is 0 Å². The van der Waals surface area contributed by atoms with E-state index in [-0.39, 0.29) is 17.7 Å². The molecule has 2 N–H and O–H groups in total. The number of hydrogen-bond acceptors (Lipinski definition) is 3. The minimum absolute atomic E-state index is 0.00935. The van der Waals surface area contributed by atoms with Gasteiger partial charge in [0.1, 0.15) is 11.5 Å². The number of allylic oxidation sites excluding steroid dienone is 2. The molecule has 6 rings (SSSR count). The summed E-state index contributed by atoms with van der Waals surface area (Å²) in [5, 5.41) is 12.6. The molecular formula is C23H21NO4. The van der Waals surface area contributed by atoms with Crippen LogP contribution in [-0.4, -0.2) is 17.0 Å². The molecule has 0 unspecified atom stereocenters. The van der Waals surface area contributed by atoms with Crippen LogP contribution >= 0.6 is 0 Å². The van der Waals surface area contributed by atoms with Crippen LogP contribution in [0.1, 0.15) is 6.42 Å². The number of aliphatic carboxylic acids is 1. The standard InChI is InChI=1S/C23H21NO4/c25-22(20-16-10-11-17(19-12-18(16)19)21(20)23(26)27)24-13-6-8-15(9-7-13)28-14-4-2-1-3-5-14/h1-11,16-21H,12H2,(H,24,25)(H,26,27)/t16-,17-,18-,19-,20-,21+/m0/s1. The van der Waals surface area contributed by atoms with E-state index in [1.54, 1.807) is 24.3 Å². The Morgan fingerprint density at radius 1 is 0.857 bits per heavy atom. The monoisotopic (exact) mass is 375 g/mol. The van der Waals surface area contributed by atoms with Crippen molar-refractivity contribution in [1.29, 1.82) is 0 Å². The molecule has 142 valence electrons. The van der Waals surface area contributed by atoms with Gasteiger partial charge in [-0.15, -0.1) is 0 Å². The molecule has 5 heteroatoms. The van der Waals surface area contributed by atoms with Crippen molar-refractivity contribution in [3.05, 3.63) is 66.7 Å². The summed E-state index contributed by atoms with van der Waals surface area (Å²) in [4.78, 5) is 24.8. The van der Waals surface area contributed by atoms with Gasteiger partial charge in [0.25, 0.3) is 0 Å². The summed E-state index contributed by atoms with van der Waals surface area (Å²) < 4.78 is 5.76. The molecule has 2 fully saturated rings. The fourth-order valence-electron chi connectivity index (χ4n) is 5.03. The SMILES string of the molecule is O=C(O)[C@@H]1[C@H]2C=C[C@@H]([C@@H]3C[C@@H]23)[C@@H]1C(=O)Nc1ccc(Oc2ccccc2)cc1. The van der Waals surface area contributed by atoms with Gasteiger partial charge in [0.05, 0.1) is 11.8 Å². The number of anilines is 1. The number of carbonyl (C=O) groups excluding carboxylic acids is 1. The lowest BCUT2D eigenvalue weighted by Crippen LogP contribution is -2.48. The second-order valence-corrected chi connectivity index (χ2v) is 7.92. The van der Waals surface area contributed by atoms with Gasteiger partial charge >= 0.3 is 5.97 Å². The Labute approximate surface area is 163 Å². The predicted octanol–water partition coefficient (Wildman–Crippen LogP) is 4.19. The summed E-state index contributed by atoms with van der Waals surface area (Å²) in [6.45, 7) is 0. The summed E-state index contributed by atoms with van der Waals surface area (Å²) in [6.07, 6.45) is 5.14. The molecule has 1 amide bonds. The van der Waals surface area contributed by atoms with Crippen LogP contribution in [0.25, 0.3) is 0 Å². The van der Waals surface area contributed by atoms with Gasteiger partial charge in [0.15, 0.2) is 0 Å². The van der Waals surface area contributed by atoms with Gasteiger partial charge in [-0.25, -0.2) is 0 Å². The number of carbonyl (C=O) groups is 2. The molecule has 0 radical (unpaired) electrons. The quantitative estimate of drug-likeness (QED) is 0.769. The number of benzene rings is 2. The minimum atomic E-state index is -0.864. The minimum Gasteiger partial charge on any atom is -0.481 e. The highest BCUT2D eigenvalue weighted by molar-refractivity contribution is 5.96. The van der Waals surface area contributed by atoms with Crippen LogP contribution in [0.5, 0.6) is 11.5 Å². The first-order valence-electron chi connectivity index (χ1n) is 9.67. The van der Waals surface area contributed by atoms with E-state index in [4.69, 9.17) is 4.74 Å². The number of carboxylic acid groups (broad SMARTS) is 1. The van der Waals surface area contributed by atoms with Gasteiger partial charge in [0.2, 0.25) is 5.91 Å². The Bertz CT molecular complexity index is 937. The van der Waals surface area contributed by atoms with E-state index in [1.807, 2.05) is 36.4 Å². The Balaban J connectivity index is 1.30. The molecule has 2 bridgehead atoms. The second kappa shape index (κ2) is 6.51. The third kappa shape index (κ3) is 2.87. The van der Waals surface area contributed by atoms with Crippen molar-refractivity contribution in [2.24, 2.45) is 35.5 Å². The molecule has 0 heterocycles. The number of hydrogen-bond donors (Lipinski definition) is 2. The maximum absolute atomic E-state index is 13.0. The molecule has 4 aliphatic carbocycles. The Kier molecular flexibility index (Phi) is 3.97. The van der Waals surface area contributed by atoms with E-state index in [1.165, 1.54) is 0 Å². The van der Waals surface area contributed by atoms with Crippen molar-refractivity contribution in [1.82, 2.24) is 0 Å². The van der Waals surface area contributed by atoms with Gasteiger partial charge in [-0.3, -0.25) is 9.59 Å². The highest BCUT2D eigenvalue weighted by Gasteiger charge is 2.62. The van der Waals surface area contributed by atoms with Crippen LogP contribution in [0.2, 0.25) is 0 Å². The van der Waals surface area contributed by atoms with Crippen molar-refractivity contribution < 1.29 is 19.4 Å². The lowest BCUT2D eigenvalue weighted by molar-refractivity contribution is -0.152. The lowest BCUT2D eigenvalue weighted by atomic mass is 9.62. The number of fused-ring (bicyclic) bond motifs is 1. The van der Waals surface area contributed by atoms with Gasteiger partial charge in [0, 0.05) is 5.69 Å². The molecular weight excluding hydrogens is 354 g/mol. The molecule has 0 aromatic heterocycles. The number of ether oxygens (including phenoxy) is 1. The van der Waals surface area contributed by atoms with E-state index >= 15 is 0 Å². The first kappa shape index (κ1) is 17.0. The molecule has 0 saturated heterocycles. The van der Waals surface area contributed by atoms with E-state index in [9.17, 15) is 14.7 Å². The van der Waals surface area contributed by atoms with Gasteiger partial charge < -0.3 is 15.2 Å². The van der Waals surface area contributed by atoms with Crippen molar-refractivity contribution in [2.45, 2.75) is 6.42 Å². The molecule has 4 aliphatic rings. The topological polar surface area (TPSA) is 75.6 Å². The average molecular weight is 375 g/mol. The fourth-order valence-corrected chi connectivity index (χ4v) is 5.03. The van der Waals surface area contributed by atoms with Gasteiger partial charge in [-0.05, 0) is 66.5 Å². The molecule has 0 spiro atoms. The van der Waals surface area contributed by atoms with Crippen molar-refractivity contribution >= 4 is 17.6 Å². The number of carboxylic acids is 1. The Morgan fingerprint density at radius 3 is 2.11 bits per heavy atom. The molecule has 5 nitrogen and oxygen atoms in total. The number of para-hydroxylation sites is 1. The summed E-state index contributed by atoms with van der Waals surface area (Å²) in [5.74, 6) is 0.182. The van der Waals surface area contributed by atoms with Crippen molar-refractivity contribution in [2.75, 3.05) is 5.32 Å². The van der Waals surface area contributed by atoms with Crippen molar-refractivity contribution in [3.8, 4) is 11.5 Å². The largest absolute Gasteiger partial charge is 0.481 e. The maximum atomic E-state index is 13.0. The van der Waals surface area contributed by atoms with E-state index in [0.717, 1.165) is 12.2 Å². The van der Waals surface area contributed by atoms with Gasteiger partial charge in [-0.2, -0.15) is 0 Å². The predicted molar refractivity (Wildman–Crippen MR) is 104 cm³/mol. The van der Waals surface area contributed by atoms with E-state index in [0.29, 0.717) is 23.3 Å². The first-order valence-corrected chi connectivity index (χ1v) is 9.67. The van der Waals surface area contributed by atoms with E-state index < -0.39 is 17.8 Å². The number of amides is 1. The van der Waals surface area contributed by atoms with Crippen LogP contribution < -0.4 is 10.1 Å². The van der Waals surface area contributed by atoms with Crippen molar-refractivity contribution in [3.63, 3.8) is 0 Å². The molecule has 2 aromatic rings.